The lowest BCUT2D eigenvalue weighted by atomic mass is 9.78. The molecule has 0 aromatic heterocycles. The van der Waals surface area contributed by atoms with Crippen molar-refractivity contribution in [1.82, 2.24) is 5.43 Å². The zero-order valence-corrected chi connectivity index (χ0v) is 9.85. The molecule has 0 fully saturated rings. The Morgan fingerprint density at radius 2 is 1.94 bits per heavy atom. The molecule has 1 aromatic carbocycles. The van der Waals surface area contributed by atoms with Gasteiger partial charge in [-0.3, -0.25) is 11.3 Å². The Morgan fingerprint density at radius 3 is 2.38 bits per heavy atom. The molecule has 1 atom stereocenters. The van der Waals surface area contributed by atoms with Crippen LogP contribution in [0, 0.1) is 17.0 Å². The minimum atomic E-state index is -0.843. The van der Waals surface area contributed by atoms with Gasteiger partial charge in [-0.2, -0.15) is 0 Å². The lowest BCUT2D eigenvalue weighted by molar-refractivity contribution is 0.235. The molecule has 1 rings (SSSR count). The highest BCUT2D eigenvalue weighted by Crippen LogP contribution is 2.35. The van der Waals surface area contributed by atoms with Gasteiger partial charge in [0.2, 0.25) is 0 Å². The van der Waals surface area contributed by atoms with E-state index in [-0.39, 0.29) is 11.5 Å². The molecule has 0 heterocycles. The van der Waals surface area contributed by atoms with Crippen LogP contribution >= 0.6 is 0 Å². The summed E-state index contributed by atoms with van der Waals surface area (Å²) in [6.45, 7) is 6.09. The van der Waals surface area contributed by atoms with Crippen molar-refractivity contribution < 1.29 is 8.78 Å². The van der Waals surface area contributed by atoms with Gasteiger partial charge in [0.25, 0.3) is 0 Å². The average Bonchev–Trinajstić information content (AvgIpc) is 2.24. The highest BCUT2D eigenvalue weighted by Gasteiger charge is 2.28. The molecule has 0 radical (unpaired) electrons. The van der Waals surface area contributed by atoms with E-state index in [1.807, 2.05) is 20.8 Å². The minimum absolute atomic E-state index is 0.126. The second-order valence-electron chi connectivity index (χ2n) is 4.62. The summed E-state index contributed by atoms with van der Waals surface area (Å²) in [6, 6.07) is 3.67. The lowest BCUT2D eigenvalue weighted by Gasteiger charge is -2.33. The Morgan fingerprint density at radius 1 is 1.31 bits per heavy atom. The summed E-state index contributed by atoms with van der Waals surface area (Å²) in [7, 11) is 0. The molecule has 90 valence electrons. The number of nitrogens with one attached hydrogen (secondary N) is 1. The number of nitrogens with two attached hydrogens (primary N) is 1. The van der Waals surface area contributed by atoms with E-state index in [9.17, 15) is 8.78 Å². The molecule has 3 N–H and O–H groups in total. The largest absolute Gasteiger partial charge is 0.271 e. The van der Waals surface area contributed by atoms with E-state index in [4.69, 9.17) is 5.84 Å². The van der Waals surface area contributed by atoms with E-state index in [0.29, 0.717) is 5.56 Å². The molecule has 2 nitrogen and oxygen atoms in total. The second kappa shape index (κ2) is 4.89. The SMILES string of the molecule is CCC(C)(C)C(NN)c1ccc(F)c(F)c1. The van der Waals surface area contributed by atoms with Crippen molar-refractivity contribution in [2.45, 2.75) is 33.2 Å². The van der Waals surface area contributed by atoms with Gasteiger partial charge in [0.05, 0.1) is 6.04 Å². The lowest BCUT2D eigenvalue weighted by Crippen LogP contribution is -2.38. The molecule has 0 saturated carbocycles. The Bertz CT molecular complexity index is 364. The zero-order valence-electron chi connectivity index (χ0n) is 9.85. The van der Waals surface area contributed by atoms with Crippen LogP contribution in [-0.4, -0.2) is 0 Å². The van der Waals surface area contributed by atoms with Crippen molar-refractivity contribution in [1.29, 1.82) is 0 Å². The van der Waals surface area contributed by atoms with Gasteiger partial charge in [-0.15, -0.1) is 0 Å². The van der Waals surface area contributed by atoms with Crippen molar-refractivity contribution in [2.75, 3.05) is 0 Å². The van der Waals surface area contributed by atoms with E-state index in [1.165, 1.54) is 6.07 Å². The number of hydrazine groups is 1. The first-order chi connectivity index (χ1) is 7.42. The number of halogens is 2. The van der Waals surface area contributed by atoms with E-state index in [1.54, 1.807) is 6.07 Å². The van der Waals surface area contributed by atoms with E-state index in [2.05, 4.69) is 5.43 Å². The maximum atomic E-state index is 13.1. The minimum Gasteiger partial charge on any atom is -0.271 e. The second-order valence-corrected chi connectivity index (χ2v) is 4.62. The van der Waals surface area contributed by atoms with Crippen LogP contribution in [0.4, 0.5) is 8.78 Å². The topological polar surface area (TPSA) is 38.0 Å². The quantitative estimate of drug-likeness (QED) is 0.614. The summed E-state index contributed by atoms with van der Waals surface area (Å²) in [5.74, 6) is 3.81. The molecule has 16 heavy (non-hydrogen) atoms. The van der Waals surface area contributed by atoms with Gasteiger partial charge in [-0.1, -0.05) is 26.8 Å². The van der Waals surface area contributed by atoms with Crippen molar-refractivity contribution in [3.05, 3.63) is 35.4 Å². The smallest absolute Gasteiger partial charge is 0.159 e. The molecule has 0 bridgehead atoms. The molecule has 0 amide bonds. The Labute approximate surface area is 94.8 Å². The number of hydrogen-bond donors (Lipinski definition) is 2. The molecule has 0 aliphatic carbocycles. The van der Waals surface area contributed by atoms with Gasteiger partial charge in [-0.25, -0.2) is 8.78 Å². The van der Waals surface area contributed by atoms with E-state index < -0.39 is 11.6 Å². The predicted molar refractivity (Wildman–Crippen MR) is 60.5 cm³/mol. The number of benzene rings is 1. The van der Waals surface area contributed by atoms with Crippen molar-refractivity contribution >= 4 is 0 Å². The van der Waals surface area contributed by atoms with Crippen LogP contribution in [0.2, 0.25) is 0 Å². The van der Waals surface area contributed by atoms with Crippen molar-refractivity contribution in [2.24, 2.45) is 11.3 Å². The third kappa shape index (κ3) is 2.57. The monoisotopic (exact) mass is 228 g/mol. The highest BCUT2D eigenvalue weighted by atomic mass is 19.2. The normalized spacial score (nSPS) is 13.9. The zero-order chi connectivity index (χ0) is 12.3. The average molecular weight is 228 g/mol. The first kappa shape index (κ1) is 13.1. The fourth-order valence-electron chi connectivity index (χ4n) is 1.67. The first-order valence-electron chi connectivity index (χ1n) is 5.33. The van der Waals surface area contributed by atoms with Crippen LogP contribution < -0.4 is 11.3 Å². The van der Waals surface area contributed by atoms with Crippen LogP contribution in [0.1, 0.15) is 38.8 Å². The Hall–Kier alpha value is -1.00. The van der Waals surface area contributed by atoms with Crippen LogP contribution in [0.5, 0.6) is 0 Å². The molecule has 0 saturated heterocycles. The molecule has 1 unspecified atom stereocenters. The summed E-state index contributed by atoms with van der Waals surface area (Å²) in [5.41, 5.74) is 3.20. The fraction of sp³-hybridized carbons (Fsp3) is 0.500. The third-order valence-electron chi connectivity index (χ3n) is 3.14. The molecule has 1 aromatic rings. The van der Waals surface area contributed by atoms with Gasteiger partial charge >= 0.3 is 0 Å². The Balaban J connectivity index is 3.09. The highest BCUT2D eigenvalue weighted by molar-refractivity contribution is 5.22. The molecule has 4 heteroatoms. The van der Waals surface area contributed by atoms with Crippen LogP contribution in [0.15, 0.2) is 18.2 Å². The standard InChI is InChI=1S/C12H18F2N2/c1-4-12(2,3)11(16-15)8-5-6-9(13)10(14)7-8/h5-7,11,16H,4,15H2,1-3H3. The maximum Gasteiger partial charge on any atom is 0.159 e. The maximum absolute atomic E-state index is 13.1. The van der Waals surface area contributed by atoms with Gasteiger partial charge in [0, 0.05) is 0 Å². The molecule has 0 aliphatic heterocycles. The summed E-state index contributed by atoms with van der Waals surface area (Å²) in [6.07, 6.45) is 0.876. The molecule has 0 aliphatic rings. The third-order valence-corrected chi connectivity index (χ3v) is 3.14. The van der Waals surface area contributed by atoms with Crippen molar-refractivity contribution in [3.8, 4) is 0 Å². The van der Waals surface area contributed by atoms with Crippen molar-refractivity contribution in [3.63, 3.8) is 0 Å². The van der Waals surface area contributed by atoms with Crippen LogP contribution in [-0.2, 0) is 0 Å². The van der Waals surface area contributed by atoms with Crippen LogP contribution in [0.25, 0.3) is 0 Å². The number of rotatable bonds is 4. The van der Waals surface area contributed by atoms with Gasteiger partial charge in [-0.05, 0) is 29.5 Å². The molecule has 0 spiro atoms. The summed E-state index contributed by atoms with van der Waals surface area (Å²) >= 11 is 0. The summed E-state index contributed by atoms with van der Waals surface area (Å²) in [4.78, 5) is 0. The van der Waals surface area contributed by atoms with Crippen LogP contribution in [0.3, 0.4) is 0 Å². The molecular weight excluding hydrogens is 210 g/mol. The van der Waals surface area contributed by atoms with E-state index >= 15 is 0 Å². The fourth-order valence-corrected chi connectivity index (χ4v) is 1.67. The molecular formula is C12H18F2N2. The van der Waals surface area contributed by atoms with Gasteiger partial charge in [0.15, 0.2) is 11.6 Å². The summed E-state index contributed by atoms with van der Waals surface area (Å²) in [5, 5.41) is 0. The first-order valence-corrected chi connectivity index (χ1v) is 5.33. The number of hydrogen-bond acceptors (Lipinski definition) is 2. The van der Waals surface area contributed by atoms with E-state index in [0.717, 1.165) is 12.5 Å². The predicted octanol–water partition coefficient (Wildman–Crippen LogP) is 2.91. The van der Waals surface area contributed by atoms with Gasteiger partial charge in [0.1, 0.15) is 0 Å². The Kier molecular flexibility index (Phi) is 3.99. The summed E-state index contributed by atoms with van der Waals surface area (Å²) < 4.78 is 25.9. The van der Waals surface area contributed by atoms with Gasteiger partial charge < -0.3 is 0 Å².